The molecule has 0 atom stereocenters. The highest BCUT2D eigenvalue weighted by atomic mass is 32.2. The molecule has 27 heavy (non-hydrogen) atoms. The largest absolute Gasteiger partial charge is 0.340 e. The lowest BCUT2D eigenvalue weighted by Crippen LogP contribution is -2.20. The Morgan fingerprint density at radius 2 is 1.93 bits per heavy atom. The van der Waals surface area contributed by atoms with Crippen molar-refractivity contribution >= 4 is 26.6 Å². The molecule has 1 aromatic heterocycles. The van der Waals surface area contributed by atoms with Crippen molar-refractivity contribution in [1.82, 2.24) is 10.0 Å². The molecule has 0 unspecified atom stereocenters. The van der Waals surface area contributed by atoms with Gasteiger partial charge < -0.3 is 4.57 Å². The number of carbonyl (C=O) groups is 1. The molecular formula is C19H17FN2O4S. The second-order valence-electron chi connectivity index (χ2n) is 6.65. The number of halogens is 1. The molecule has 2 aromatic carbocycles. The molecular weight excluding hydrogens is 371 g/mol. The molecule has 4 rings (SSSR count). The van der Waals surface area contributed by atoms with Gasteiger partial charge in [0.1, 0.15) is 5.82 Å². The SMILES string of the molecule is O=C(NO)c1ccc(Cn2c3c(c4cc(F)ccc42)CS(=O)(=O)CC3)cc1. The lowest BCUT2D eigenvalue weighted by Gasteiger charge is -2.17. The van der Waals surface area contributed by atoms with Crippen LogP contribution in [0, 0.1) is 5.82 Å². The van der Waals surface area contributed by atoms with Gasteiger partial charge in [-0.15, -0.1) is 0 Å². The Bertz CT molecular complexity index is 1150. The average molecular weight is 388 g/mol. The van der Waals surface area contributed by atoms with E-state index in [1.165, 1.54) is 12.1 Å². The summed E-state index contributed by atoms with van der Waals surface area (Å²) in [6.45, 7) is 0.471. The number of nitrogens with zero attached hydrogens (tertiary/aromatic N) is 1. The number of hydrogen-bond acceptors (Lipinski definition) is 4. The average Bonchev–Trinajstić information content (AvgIpc) is 2.93. The van der Waals surface area contributed by atoms with Crippen LogP contribution in [0.3, 0.4) is 0 Å². The van der Waals surface area contributed by atoms with Crippen molar-refractivity contribution in [2.24, 2.45) is 0 Å². The summed E-state index contributed by atoms with van der Waals surface area (Å²) in [5, 5.41) is 9.33. The lowest BCUT2D eigenvalue weighted by molar-refractivity contribution is 0.0706. The highest BCUT2D eigenvalue weighted by molar-refractivity contribution is 7.90. The molecule has 1 aliphatic heterocycles. The Morgan fingerprint density at radius 1 is 1.19 bits per heavy atom. The topological polar surface area (TPSA) is 88.4 Å². The van der Waals surface area contributed by atoms with Gasteiger partial charge >= 0.3 is 0 Å². The number of hydroxylamine groups is 1. The fourth-order valence-electron chi connectivity index (χ4n) is 3.63. The third-order valence-electron chi connectivity index (χ3n) is 4.92. The Kier molecular flexibility index (Phi) is 4.24. The van der Waals surface area contributed by atoms with Gasteiger partial charge in [-0.3, -0.25) is 10.0 Å². The van der Waals surface area contributed by atoms with E-state index < -0.39 is 21.6 Å². The number of hydrogen-bond donors (Lipinski definition) is 2. The minimum Gasteiger partial charge on any atom is -0.340 e. The second-order valence-corrected chi connectivity index (χ2v) is 8.84. The zero-order valence-corrected chi connectivity index (χ0v) is 15.1. The highest BCUT2D eigenvalue weighted by Gasteiger charge is 2.28. The summed E-state index contributed by atoms with van der Waals surface area (Å²) in [4.78, 5) is 11.4. The van der Waals surface area contributed by atoms with E-state index in [0.717, 1.165) is 16.8 Å². The van der Waals surface area contributed by atoms with Gasteiger partial charge in [0.2, 0.25) is 0 Å². The van der Waals surface area contributed by atoms with Gasteiger partial charge in [-0.25, -0.2) is 18.3 Å². The third kappa shape index (κ3) is 3.22. The van der Waals surface area contributed by atoms with Crippen LogP contribution in [0.1, 0.15) is 27.2 Å². The molecule has 140 valence electrons. The first-order valence-electron chi connectivity index (χ1n) is 8.41. The minimum absolute atomic E-state index is 0.0778. The van der Waals surface area contributed by atoms with E-state index >= 15 is 0 Å². The summed E-state index contributed by atoms with van der Waals surface area (Å²) in [6, 6.07) is 11.2. The quantitative estimate of drug-likeness (QED) is 0.533. The molecule has 0 aliphatic carbocycles. The molecule has 8 heteroatoms. The van der Waals surface area contributed by atoms with Gasteiger partial charge in [-0.05, 0) is 41.5 Å². The molecule has 0 fully saturated rings. The van der Waals surface area contributed by atoms with Gasteiger partial charge in [0.15, 0.2) is 9.84 Å². The number of nitrogens with one attached hydrogen (secondary N) is 1. The predicted octanol–water partition coefficient (Wildman–Crippen LogP) is 2.42. The van der Waals surface area contributed by atoms with Gasteiger partial charge in [-0.2, -0.15) is 0 Å². The first-order chi connectivity index (χ1) is 12.9. The van der Waals surface area contributed by atoms with Crippen LogP contribution in [0.5, 0.6) is 0 Å². The maximum Gasteiger partial charge on any atom is 0.274 e. The van der Waals surface area contributed by atoms with E-state index in [-0.39, 0.29) is 11.5 Å². The molecule has 3 aromatic rings. The molecule has 6 nitrogen and oxygen atoms in total. The summed E-state index contributed by atoms with van der Waals surface area (Å²) in [5.74, 6) is -0.991. The first kappa shape index (κ1) is 17.7. The Morgan fingerprint density at radius 3 is 2.63 bits per heavy atom. The molecule has 1 amide bonds. The Balaban J connectivity index is 1.79. The summed E-state index contributed by atoms with van der Waals surface area (Å²) >= 11 is 0. The maximum atomic E-state index is 13.8. The van der Waals surface area contributed by atoms with E-state index in [1.807, 2.05) is 4.57 Å². The lowest BCUT2D eigenvalue weighted by atomic mass is 10.1. The minimum atomic E-state index is -3.18. The van der Waals surface area contributed by atoms with Crippen molar-refractivity contribution in [3.63, 3.8) is 0 Å². The molecule has 0 spiro atoms. The number of benzene rings is 2. The number of sulfone groups is 1. The van der Waals surface area contributed by atoms with Crippen molar-refractivity contribution in [1.29, 1.82) is 0 Å². The van der Waals surface area contributed by atoms with Crippen LogP contribution in [0.15, 0.2) is 42.5 Å². The van der Waals surface area contributed by atoms with E-state index in [9.17, 15) is 17.6 Å². The standard InChI is InChI=1S/C19H17FN2O4S/c20-14-5-6-17-15(9-14)16-11-27(25,26)8-7-18(16)22(17)10-12-1-3-13(4-2-12)19(23)21-24/h1-6,9,24H,7-8,10-11H2,(H,21,23). The zero-order chi connectivity index (χ0) is 19.2. The number of rotatable bonds is 3. The monoisotopic (exact) mass is 388 g/mol. The number of carbonyl (C=O) groups excluding carboxylic acids is 1. The van der Waals surface area contributed by atoms with Crippen molar-refractivity contribution in [2.45, 2.75) is 18.7 Å². The summed E-state index contributed by atoms with van der Waals surface area (Å²) in [6.07, 6.45) is 0.388. The number of aromatic nitrogens is 1. The van der Waals surface area contributed by atoms with Crippen LogP contribution in [-0.4, -0.2) is 29.9 Å². The molecule has 1 aliphatic rings. The van der Waals surface area contributed by atoms with Gasteiger partial charge in [0, 0.05) is 35.1 Å². The number of fused-ring (bicyclic) bond motifs is 3. The summed E-state index contributed by atoms with van der Waals surface area (Å²) in [5.41, 5.74) is 5.19. The maximum absolute atomic E-state index is 13.8. The van der Waals surface area contributed by atoms with Crippen LogP contribution in [-0.2, 0) is 28.6 Å². The molecule has 2 N–H and O–H groups in total. The van der Waals surface area contributed by atoms with Crippen molar-refractivity contribution in [3.8, 4) is 0 Å². The van der Waals surface area contributed by atoms with Gasteiger partial charge in [-0.1, -0.05) is 12.1 Å². The summed E-state index contributed by atoms with van der Waals surface area (Å²) < 4.78 is 39.9. The van der Waals surface area contributed by atoms with Crippen LogP contribution < -0.4 is 5.48 Å². The number of amides is 1. The zero-order valence-electron chi connectivity index (χ0n) is 14.3. The van der Waals surface area contributed by atoms with Gasteiger partial charge in [0.25, 0.3) is 5.91 Å². The van der Waals surface area contributed by atoms with E-state index in [0.29, 0.717) is 29.5 Å². The van der Waals surface area contributed by atoms with Crippen molar-refractivity contribution in [3.05, 3.63) is 70.7 Å². The summed E-state index contributed by atoms with van der Waals surface area (Å²) in [7, 11) is -3.18. The fraction of sp³-hybridized carbons (Fsp3) is 0.211. The second kappa shape index (κ2) is 6.47. The predicted molar refractivity (Wildman–Crippen MR) is 97.9 cm³/mol. The smallest absolute Gasteiger partial charge is 0.274 e. The van der Waals surface area contributed by atoms with Crippen molar-refractivity contribution in [2.75, 3.05) is 5.75 Å². The normalized spacial score (nSPS) is 15.5. The van der Waals surface area contributed by atoms with Crippen LogP contribution in [0.4, 0.5) is 4.39 Å². The van der Waals surface area contributed by atoms with E-state index in [2.05, 4.69) is 0 Å². The molecule has 0 saturated carbocycles. The molecule has 2 heterocycles. The van der Waals surface area contributed by atoms with Crippen molar-refractivity contribution < 1.29 is 22.8 Å². The van der Waals surface area contributed by atoms with E-state index in [1.54, 1.807) is 35.8 Å². The molecule has 0 radical (unpaired) electrons. The molecule has 0 bridgehead atoms. The highest BCUT2D eigenvalue weighted by Crippen LogP contribution is 2.33. The van der Waals surface area contributed by atoms with Gasteiger partial charge in [0.05, 0.1) is 11.5 Å². The fourth-order valence-corrected chi connectivity index (χ4v) is 5.04. The third-order valence-corrected chi connectivity index (χ3v) is 6.48. The molecule has 0 saturated heterocycles. The first-order valence-corrected chi connectivity index (χ1v) is 10.2. The Labute approximate surface area is 155 Å². The van der Waals surface area contributed by atoms with Crippen LogP contribution >= 0.6 is 0 Å². The Hall–Kier alpha value is -2.71. The van der Waals surface area contributed by atoms with Crippen LogP contribution in [0.25, 0.3) is 10.9 Å². The van der Waals surface area contributed by atoms with E-state index in [4.69, 9.17) is 5.21 Å². The van der Waals surface area contributed by atoms with Crippen LogP contribution in [0.2, 0.25) is 0 Å².